The van der Waals surface area contributed by atoms with Crippen LogP contribution in [-0.4, -0.2) is 3.21 Å². The molecule has 0 aliphatic heterocycles. The Morgan fingerprint density at radius 1 is 0.733 bits per heavy atom. The molecule has 0 nitrogen and oxygen atoms in total. The Kier molecular flexibility index (Phi) is 10.3. The number of halogens is 2. The summed E-state index contributed by atoms with van der Waals surface area (Å²) in [5, 5.41) is 2.93. The van der Waals surface area contributed by atoms with E-state index in [-0.39, 0.29) is 41.1 Å². The minimum absolute atomic E-state index is 0. The molecule has 0 bridgehead atoms. The van der Waals surface area contributed by atoms with Gasteiger partial charge in [0.1, 0.15) is 0 Å². The van der Waals surface area contributed by atoms with Crippen LogP contribution in [0, 0.1) is 10.8 Å². The van der Waals surface area contributed by atoms with Gasteiger partial charge in [0.15, 0.2) is 0 Å². The first-order valence-electron chi connectivity index (χ1n) is 15.8. The van der Waals surface area contributed by atoms with Crippen LogP contribution in [-0.2, 0) is 28.2 Å². The summed E-state index contributed by atoms with van der Waals surface area (Å²) in [6, 6.07) is 29.8. The molecule has 0 radical (unpaired) electrons. The summed E-state index contributed by atoms with van der Waals surface area (Å²) in [5.41, 5.74) is 13.4. The normalized spacial score (nSPS) is 19.0. The molecule has 0 heterocycles. The van der Waals surface area contributed by atoms with E-state index in [1.54, 1.807) is 17.6 Å². The minimum atomic E-state index is -1.34. The maximum Gasteiger partial charge on any atom is -1.00 e. The predicted octanol–water partition coefficient (Wildman–Crippen LogP) is 3.20. The summed E-state index contributed by atoms with van der Waals surface area (Å²) < 4.78 is 3.20. The average Bonchev–Trinajstić information content (AvgIpc) is 3.61. The van der Waals surface area contributed by atoms with Crippen molar-refractivity contribution in [1.29, 1.82) is 0 Å². The van der Waals surface area contributed by atoms with Gasteiger partial charge in [-0.2, -0.15) is 0 Å². The van der Waals surface area contributed by atoms with Crippen LogP contribution in [0.5, 0.6) is 0 Å². The van der Waals surface area contributed by atoms with Gasteiger partial charge in [-0.25, -0.2) is 0 Å². The summed E-state index contributed by atoms with van der Waals surface area (Å²) in [4.78, 5) is 0. The SMILES string of the molecule is CC1=C(C)C(C)(C(C)(C)C)C(C2=CC=CC2)=C2[C]([Zr+2]=[C](c3ccccc3)c3ccccc3)=c3cc(C(C)(C)C)ccc3=C12.[Cl-].[Cl-]. The Bertz CT molecular complexity index is 1860. The molecular weight excluding hydrogens is 667 g/mol. The van der Waals surface area contributed by atoms with Crippen molar-refractivity contribution in [3.63, 3.8) is 0 Å². The topological polar surface area (TPSA) is 0 Å². The van der Waals surface area contributed by atoms with Gasteiger partial charge in [-0.1, -0.05) is 0 Å². The standard InChI is InChI=1S/C29H35.C13H10.2ClH.Zr/c1-18-19(2)29(9,28(6,7)8)26(20-12-10-11-13-20)24-17-21-16-22(27(3,4)5)14-15-23(21)25(18)24;1-3-7-12(8-4-1)11-13-9-5-2-6-10-13;;;/h10-12,14-16H,13H2,1-9H3;1-10H;2*1H;/q;;;;+2/p-2. The van der Waals surface area contributed by atoms with Crippen molar-refractivity contribution < 1.29 is 47.6 Å². The Balaban J connectivity index is 0.00000230. The number of benzene rings is 3. The van der Waals surface area contributed by atoms with Crippen LogP contribution in [0.1, 0.15) is 85.4 Å². The summed E-state index contributed by atoms with van der Waals surface area (Å²) in [7, 11) is 0. The third-order valence-corrected chi connectivity index (χ3v) is 14.3. The van der Waals surface area contributed by atoms with Crippen LogP contribution in [0.4, 0.5) is 0 Å². The fraction of sp³-hybridized carbons (Fsp3) is 0.310. The Labute approximate surface area is 294 Å². The van der Waals surface area contributed by atoms with Gasteiger partial charge >= 0.3 is 272 Å². The Morgan fingerprint density at radius 3 is 1.80 bits per heavy atom. The van der Waals surface area contributed by atoms with Gasteiger partial charge in [-0.3, -0.25) is 0 Å². The molecule has 0 amide bonds. The van der Waals surface area contributed by atoms with Gasteiger partial charge < -0.3 is 24.8 Å². The van der Waals surface area contributed by atoms with Crippen LogP contribution in [0.3, 0.4) is 0 Å². The van der Waals surface area contributed by atoms with Gasteiger partial charge in [0.05, 0.1) is 0 Å². The van der Waals surface area contributed by atoms with Crippen molar-refractivity contribution in [1.82, 2.24) is 0 Å². The second-order valence-electron chi connectivity index (χ2n) is 14.7. The zero-order valence-corrected chi connectivity index (χ0v) is 32.2. The van der Waals surface area contributed by atoms with Gasteiger partial charge in [-0.15, -0.1) is 0 Å². The van der Waals surface area contributed by atoms with Gasteiger partial charge in [-0.05, 0) is 0 Å². The molecular formula is C42H45Cl2Zr. The van der Waals surface area contributed by atoms with Crippen LogP contribution in [0.2, 0.25) is 0 Å². The zero-order valence-electron chi connectivity index (χ0n) is 28.2. The molecule has 3 aromatic carbocycles. The molecule has 3 aliphatic rings. The summed E-state index contributed by atoms with van der Waals surface area (Å²) in [6.07, 6.45) is 8.04. The molecule has 0 saturated carbocycles. The van der Waals surface area contributed by atoms with Gasteiger partial charge in [0.2, 0.25) is 0 Å². The quantitative estimate of drug-likeness (QED) is 0.391. The summed E-state index contributed by atoms with van der Waals surface area (Å²) in [5.74, 6) is 0. The molecule has 3 heteroatoms. The van der Waals surface area contributed by atoms with Crippen molar-refractivity contribution >= 4 is 12.1 Å². The molecule has 0 N–H and O–H groups in total. The first kappa shape index (κ1) is 35.5. The average molecular weight is 712 g/mol. The monoisotopic (exact) mass is 709 g/mol. The van der Waals surface area contributed by atoms with Crippen molar-refractivity contribution in [2.45, 2.75) is 74.1 Å². The van der Waals surface area contributed by atoms with E-state index >= 15 is 0 Å². The first-order valence-corrected chi connectivity index (χ1v) is 18.2. The van der Waals surface area contributed by atoms with E-state index < -0.39 is 22.8 Å². The van der Waals surface area contributed by atoms with Crippen molar-refractivity contribution in [2.24, 2.45) is 10.8 Å². The van der Waals surface area contributed by atoms with Crippen molar-refractivity contribution in [3.05, 3.63) is 152 Å². The maximum absolute atomic E-state index is 2.56. The number of hydrogen-bond donors (Lipinski definition) is 0. The fourth-order valence-corrected chi connectivity index (χ4v) is 11.2. The van der Waals surface area contributed by atoms with Crippen LogP contribution < -0.4 is 35.3 Å². The minimum Gasteiger partial charge on any atom is -1.00 e. The molecule has 45 heavy (non-hydrogen) atoms. The predicted molar refractivity (Wildman–Crippen MR) is 182 cm³/mol. The van der Waals surface area contributed by atoms with Crippen LogP contribution in [0.25, 0.3) is 8.85 Å². The molecule has 0 spiro atoms. The molecule has 3 aliphatic carbocycles. The number of hydrogen-bond acceptors (Lipinski definition) is 0. The van der Waals surface area contributed by atoms with E-state index in [9.17, 15) is 0 Å². The van der Waals surface area contributed by atoms with E-state index in [0.29, 0.717) is 0 Å². The second-order valence-corrected chi connectivity index (χ2v) is 17.8. The molecule has 6 rings (SSSR count). The first-order chi connectivity index (χ1) is 20.3. The van der Waals surface area contributed by atoms with E-state index in [0.717, 1.165) is 6.42 Å². The largest absolute Gasteiger partial charge is 1.00 e. The molecule has 1 atom stereocenters. The Morgan fingerprint density at radius 2 is 1.31 bits per heavy atom. The van der Waals surface area contributed by atoms with E-state index in [1.165, 1.54) is 49.4 Å². The molecule has 0 fully saturated rings. The molecule has 231 valence electrons. The molecule has 1 unspecified atom stereocenters. The van der Waals surface area contributed by atoms with E-state index in [4.69, 9.17) is 0 Å². The van der Waals surface area contributed by atoms with E-state index in [2.05, 4.69) is 159 Å². The number of fused-ring (bicyclic) bond motifs is 2. The molecule has 3 aromatic rings. The van der Waals surface area contributed by atoms with Crippen molar-refractivity contribution in [2.75, 3.05) is 0 Å². The zero-order chi connectivity index (χ0) is 30.7. The maximum atomic E-state index is 2.56. The molecule has 0 aromatic heterocycles. The van der Waals surface area contributed by atoms with Gasteiger partial charge in [0, 0.05) is 0 Å². The summed E-state index contributed by atoms with van der Waals surface area (Å²) in [6.45, 7) is 21.7. The third kappa shape index (κ3) is 5.99. The summed E-state index contributed by atoms with van der Waals surface area (Å²) >= 11 is -1.34. The van der Waals surface area contributed by atoms with Crippen LogP contribution >= 0.6 is 0 Å². The van der Waals surface area contributed by atoms with E-state index in [1.807, 2.05) is 0 Å². The second kappa shape index (κ2) is 13.1. The number of rotatable bonds is 4. The van der Waals surface area contributed by atoms with Gasteiger partial charge in [0.25, 0.3) is 0 Å². The van der Waals surface area contributed by atoms with Crippen molar-refractivity contribution in [3.8, 4) is 0 Å². The fourth-order valence-electron chi connectivity index (χ4n) is 7.30. The Hall–Kier alpha value is -2.31. The smallest absolute Gasteiger partial charge is 1.00 e. The number of allylic oxidation sites excluding steroid dienone is 8. The third-order valence-electron chi connectivity index (χ3n) is 10.3. The van der Waals surface area contributed by atoms with Crippen LogP contribution in [0.15, 0.2) is 125 Å². The molecule has 0 saturated heterocycles.